The predicted octanol–water partition coefficient (Wildman–Crippen LogP) is 2.52. The number of ether oxygens (including phenoxy) is 1. The first kappa shape index (κ1) is 20.3. The molecule has 1 heterocycles. The number of carbonyl (C=O) groups excluding carboxylic acids is 1. The molecule has 1 amide bonds. The van der Waals surface area contributed by atoms with Gasteiger partial charge in [0.15, 0.2) is 0 Å². The molecule has 0 spiro atoms. The Balaban J connectivity index is 1.61. The van der Waals surface area contributed by atoms with Crippen LogP contribution in [0.1, 0.15) is 12.8 Å². The highest BCUT2D eigenvalue weighted by Crippen LogP contribution is 2.27. The van der Waals surface area contributed by atoms with E-state index in [-0.39, 0.29) is 23.2 Å². The van der Waals surface area contributed by atoms with Gasteiger partial charge in [0.25, 0.3) is 0 Å². The monoisotopic (exact) mass is 406 g/mol. The van der Waals surface area contributed by atoms with Crippen LogP contribution in [0.2, 0.25) is 0 Å². The van der Waals surface area contributed by atoms with Crippen molar-refractivity contribution >= 4 is 15.9 Å². The fraction of sp³-hybridized carbons (Fsp3) is 0.350. The molecule has 0 saturated carbocycles. The van der Waals surface area contributed by atoms with E-state index in [0.29, 0.717) is 31.7 Å². The molecule has 150 valence electrons. The Morgan fingerprint density at radius 2 is 1.86 bits per heavy atom. The molecule has 1 aliphatic rings. The number of hydrogen-bond donors (Lipinski definition) is 0. The Bertz CT molecular complexity index is 904. The van der Waals surface area contributed by atoms with Crippen LogP contribution in [-0.2, 0) is 14.8 Å². The van der Waals surface area contributed by atoms with E-state index >= 15 is 0 Å². The molecule has 1 saturated heterocycles. The van der Waals surface area contributed by atoms with Gasteiger partial charge >= 0.3 is 0 Å². The molecule has 0 N–H and O–H groups in total. The Kier molecular flexibility index (Phi) is 6.31. The van der Waals surface area contributed by atoms with E-state index in [0.717, 1.165) is 0 Å². The predicted molar refractivity (Wildman–Crippen MR) is 103 cm³/mol. The van der Waals surface area contributed by atoms with Gasteiger partial charge in [0.1, 0.15) is 24.2 Å². The van der Waals surface area contributed by atoms with Gasteiger partial charge in [-0.1, -0.05) is 18.2 Å². The quantitative estimate of drug-likeness (QED) is 0.709. The van der Waals surface area contributed by atoms with E-state index in [1.54, 1.807) is 25.2 Å². The Morgan fingerprint density at radius 3 is 2.54 bits per heavy atom. The van der Waals surface area contributed by atoms with Crippen molar-refractivity contribution in [1.82, 2.24) is 9.21 Å². The van der Waals surface area contributed by atoms with Gasteiger partial charge in [-0.2, -0.15) is 4.31 Å². The fourth-order valence-electron chi connectivity index (χ4n) is 3.20. The maximum atomic E-state index is 12.9. The largest absolute Gasteiger partial charge is 0.492 e. The summed E-state index contributed by atoms with van der Waals surface area (Å²) in [6, 6.07) is 13.1. The molecule has 0 aliphatic carbocycles. The lowest BCUT2D eigenvalue weighted by Gasteiger charge is -2.27. The van der Waals surface area contributed by atoms with Crippen molar-refractivity contribution in [2.24, 2.45) is 0 Å². The summed E-state index contributed by atoms with van der Waals surface area (Å²) in [4.78, 5) is 14.5. The SMILES string of the molecule is CN(CCOc1ccc(F)cc1)C(=O)C1CCCN1S(=O)(=O)c1ccccc1. The molecule has 0 bridgehead atoms. The van der Waals surface area contributed by atoms with Gasteiger partial charge in [0.2, 0.25) is 15.9 Å². The second-order valence-electron chi connectivity index (χ2n) is 6.65. The summed E-state index contributed by atoms with van der Waals surface area (Å²) in [7, 11) is -2.09. The van der Waals surface area contributed by atoms with Crippen LogP contribution >= 0.6 is 0 Å². The van der Waals surface area contributed by atoms with Gasteiger partial charge in [-0.25, -0.2) is 12.8 Å². The van der Waals surface area contributed by atoms with E-state index in [4.69, 9.17) is 4.74 Å². The van der Waals surface area contributed by atoms with E-state index < -0.39 is 16.1 Å². The minimum Gasteiger partial charge on any atom is -0.492 e. The van der Waals surface area contributed by atoms with Crippen LogP contribution in [0.25, 0.3) is 0 Å². The molecule has 28 heavy (non-hydrogen) atoms. The van der Waals surface area contributed by atoms with Crippen molar-refractivity contribution in [3.05, 3.63) is 60.4 Å². The number of hydrogen-bond acceptors (Lipinski definition) is 4. The average Bonchev–Trinajstić information content (AvgIpc) is 3.20. The minimum absolute atomic E-state index is 0.192. The van der Waals surface area contributed by atoms with Crippen LogP contribution in [0.3, 0.4) is 0 Å². The van der Waals surface area contributed by atoms with Crippen molar-refractivity contribution in [3.8, 4) is 5.75 Å². The smallest absolute Gasteiger partial charge is 0.243 e. The van der Waals surface area contributed by atoms with Gasteiger partial charge in [-0.3, -0.25) is 4.79 Å². The van der Waals surface area contributed by atoms with Crippen LogP contribution < -0.4 is 4.74 Å². The Hall–Kier alpha value is -2.45. The molecule has 0 radical (unpaired) electrons. The molecular formula is C20H23FN2O4S. The van der Waals surface area contributed by atoms with E-state index in [9.17, 15) is 17.6 Å². The number of likely N-dealkylation sites (N-methyl/N-ethyl adjacent to an activating group) is 1. The van der Waals surface area contributed by atoms with Crippen molar-refractivity contribution in [2.75, 3.05) is 26.7 Å². The maximum absolute atomic E-state index is 12.9. The zero-order chi connectivity index (χ0) is 20.1. The van der Waals surface area contributed by atoms with Crippen LogP contribution in [-0.4, -0.2) is 56.3 Å². The summed E-state index contributed by atoms with van der Waals surface area (Å²) in [6.45, 7) is 0.853. The molecule has 2 aromatic carbocycles. The number of carbonyl (C=O) groups is 1. The normalized spacial score (nSPS) is 17.4. The van der Waals surface area contributed by atoms with Crippen LogP contribution in [0.15, 0.2) is 59.5 Å². The average molecular weight is 406 g/mol. The van der Waals surface area contributed by atoms with Crippen molar-refractivity contribution < 1.29 is 22.3 Å². The zero-order valence-electron chi connectivity index (χ0n) is 15.6. The van der Waals surface area contributed by atoms with E-state index in [1.807, 2.05) is 0 Å². The first-order valence-electron chi connectivity index (χ1n) is 9.10. The molecule has 1 atom stereocenters. The molecule has 1 fully saturated rings. The van der Waals surface area contributed by atoms with Gasteiger partial charge in [-0.05, 0) is 49.2 Å². The number of benzene rings is 2. The number of sulfonamides is 1. The van der Waals surface area contributed by atoms with E-state index in [1.165, 1.54) is 45.6 Å². The molecule has 3 rings (SSSR count). The standard InChI is InChI=1S/C20H23FN2O4S/c1-22(14-15-27-17-11-9-16(21)10-12-17)20(24)19-8-5-13-23(19)28(25,26)18-6-3-2-4-7-18/h2-4,6-7,9-12,19H,5,8,13-15H2,1H3. The van der Waals surface area contributed by atoms with Crippen molar-refractivity contribution in [1.29, 1.82) is 0 Å². The topological polar surface area (TPSA) is 66.9 Å². The van der Waals surface area contributed by atoms with Gasteiger partial charge in [-0.15, -0.1) is 0 Å². The molecular weight excluding hydrogens is 383 g/mol. The number of amides is 1. The second-order valence-corrected chi connectivity index (χ2v) is 8.54. The highest BCUT2D eigenvalue weighted by molar-refractivity contribution is 7.89. The van der Waals surface area contributed by atoms with Gasteiger partial charge in [0.05, 0.1) is 11.4 Å². The molecule has 1 aliphatic heterocycles. The van der Waals surface area contributed by atoms with Crippen LogP contribution in [0.4, 0.5) is 4.39 Å². The molecule has 2 aromatic rings. The first-order chi connectivity index (χ1) is 13.4. The number of rotatable bonds is 7. The van der Waals surface area contributed by atoms with Crippen molar-refractivity contribution in [3.63, 3.8) is 0 Å². The Labute approximate surface area is 164 Å². The fourth-order valence-corrected chi connectivity index (χ4v) is 4.87. The third-order valence-electron chi connectivity index (χ3n) is 4.72. The van der Waals surface area contributed by atoms with E-state index in [2.05, 4.69) is 0 Å². The van der Waals surface area contributed by atoms with Gasteiger partial charge in [0, 0.05) is 13.6 Å². The molecule has 6 nitrogen and oxygen atoms in total. The third-order valence-corrected chi connectivity index (χ3v) is 6.65. The summed E-state index contributed by atoms with van der Waals surface area (Å²) < 4.78 is 45.5. The van der Waals surface area contributed by atoms with Crippen LogP contribution in [0.5, 0.6) is 5.75 Å². The zero-order valence-corrected chi connectivity index (χ0v) is 16.4. The van der Waals surface area contributed by atoms with Crippen LogP contribution in [0, 0.1) is 5.82 Å². The summed E-state index contributed by atoms with van der Waals surface area (Å²) in [5, 5.41) is 0. The van der Waals surface area contributed by atoms with Crippen molar-refractivity contribution in [2.45, 2.75) is 23.8 Å². The maximum Gasteiger partial charge on any atom is 0.243 e. The third kappa shape index (κ3) is 4.51. The van der Waals surface area contributed by atoms with Gasteiger partial charge < -0.3 is 9.64 Å². The first-order valence-corrected chi connectivity index (χ1v) is 10.5. The molecule has 8 heteroatoms. The molecule has 0 aromatic heterocycles. The molecule has 1 unspecified atom stereocenters. The lowest BCUT2D eigenvalue weighted by atomic mass is 10.2. The number of nitrogens with zero attached hydrogens (tertiary/aromatic N) is 2. The summed E-state index contributed by atoms with van der Waals surface area (Å²) in [5.74, 6) is -0.0864. The minimum atomic E-state index is -3.71. The summed E-state index contributed by atoms with van der Waals surface area (Å²) in [5.41, 5.74) is 0. The highest BCUT2D eigenvalue weighted by Gasteiger charge is 2.40. The Morgan fingerprint density at radius 1 is 1.18 bits per heavy atom. The highest BCUT2D eigenvalue weighted by atomic mass is 32.2. The summed E-state index contributed by atoms with van der Waals surface area (Å²) in [6.07, 6.45) is 1.14. The number of halogens is 1. The lowest BCUT2D eigenvalue weighted by molar-refractivity contribution is -0.133. The second kappa shape index (κ2) is 8.70. The summed E-state index contributed by atoms with van der Waals surface area (Å²) >= 11 is 0. The lowest BCUT2D eigenvalue weighted by Crippen LogP contribution is -2.47.